The Morgan fingerprint density at radius 2 is 2.06 bits per heavy atom. The van der Waals surface area contributed by atoms with Crippen LogP contribution in [-0.2, 0) is 4.79 Å². The highest BCUT2D eigenvalue weighted by Crippen LogP contribution is 2.54. The number of Topliss-reactive ketones (excluding diaryl/α,β-unsaturated/α-hetero) is 1. The molecule has 16 heavy (non-hydrogen) atoms. The van der Waals surface area contributed by atoms with E-state index in [-0.39, 0.29) is 17.2 Å². The fourth-order valence-electron chi connectivity index (χ4n) is 2.94. The van der Waals surface area contributed by atoms with Crippen molar-refractivity contribution in [2.45, 2.75) is 39.0 Å². The van der Waals surface area contributed by atoms with E-state index in [2.05, 4.69) is 0 Å². The molecule has 1 saturated carbocycles. The highest BCUT2D eigenvalue weighted by Gasteiger charge is 2.52. The highest BCUT2D eigenvalue weighted by atomic mass is 19.1. The van der Waals surface area contributed by atoms with Crippen molar-refractivity contribution < 1.29 is 9.18 Å². The Bertz CT molecular complexity index is 407. The van der Waals surface area contributed by atoms with Gasteiger partial charge >= 0.3 is 0 Å². The van der Waals surface area contributed by atoms with Gasteiger partial charge in [-0.2, -0.15) is 0 Å². The van der Waals surface area contributed by atoms with Crippen molar-refractivity contribution in [3.63, 3.8) is 0 Å². The molecule has 1 nitrogen and oxygen atoms in total. The maximum absolute atomic E-state index is 13.2. The van der Waals surface area contributed by atoms with Crippen molar-refractivity contribution >= 4 is 5.78 Å². The first kappa shape index (κ1) is 11.3. The average Bonchev–Trinajstić information content (AvgIpc) is 2.27. The van der Waals surface area contributed by atoms with Gasteiger partial charge in [-0.1, -0.05) is 26.0 Å². The van der Waals surface area contributed by atoms with E-state index in [1.54, 1.807) is 12.1 Å². The lowest BCUT2D eigenvalue weighted by molar-refractivity contribution is -0.141. The predicted molar refractivity (Wildman–Crippen MR) is 61.8 cm³/mol. The maximum Gasteiger partial charge on any atom is 0.140 e. The Hall–Kier alpha value is -1.18. The van der Waals surface area contributed by atoms with Gasteiger partial charge in [0.2, 0.25) is 0 Å². The van der Waals surface area contributed by atoms with Gasteiger partial charge in [0.1, 0.15) is 11.6 Å². The van der Waals surface area contributed by atoms with E-state index in [1.807, 2.05) is 19.9 Å². The molecule has 1 fully saturated rings. The second-order valence-electron chi connectivity index (χ2n) is 4.60. The molecule has 2 rings (SSSR count). The smallest absolute Gasteiger partial charge is 0.140 e. The summed E-state index contributed by atoms with van der Waals surface area (Å²) in [6.45, 7) is 4.10. The number of carbonyl (C=O) groups is 1. The molecule has 0 radical (unpaired) electrons. The Morgan fingerprint density at radius 3 is 2.56 bits per heavy atom. The lowest BCUT2D eigenvalue weighted by Gasteiger charge is -2.47. The van der Waals surface area contributed by atoms with Crippen LogP contribution in [0.1, 0.15) is 44.6 Å². The first-order chi connectivity index (χ1) is 7.64. The van der Waals surface area contributed by atoms with Crippen LogP contribution in [0.15, 0.2) is 24.3 Å². The minimum absolute atomic E-state index is 0.210. The van der Waals surface area contributed by atoms with E-state index in [1.165, 1.54) is 6.07 Å². The van der Waals surface area contributed by atoms with Gasteiger partial charge in [0.25, 0.3) is 0 Å². The molecular formula is C14H17FO. The summed E-state index contributed by atoms with van der Waals surface area (Å²) >= 11 is 0. The van der Waals surface area contributed by atoms with E-state index < -0.39 is 0 Å². The van der Waals surface area contributed by atoms with Gasteiger partial charge in [-0.25, -0.2) is 4.39 Å². The number of halogens is 1. The molecule has 0 heterocycles. The average molecular weight is 220 g/mol. The van der Waals surface area contributed by atoms with Crippen molar-refractivity contribution in [2.24, 2.45) is 5.41 Å². The Labute approximate surface area is 95.7 Å². The second kappa shape index (κ2) is 4.00. The standard InChI is InChI=1S/C14H17FO/c1-3-14(4-2)12(9-13(14)16)10-6-5-7-11(15)8-10/h5-8,12H,3-4,9H2,1-2H3. The monoisotopic (exact) mass is 220 g/mol. The number of rotatable bonds is 3. The first-order valence-corrected chi connectivity index (χ1v) is 5.92. The molecule has 1 atom stereocenters. The number of hydrogen-bond donors (Lipinski definition) is 0. The summed E-state index contributed by atoms with van der Waals surface area (Å²) in [5.74, 6) is 0.343. The number of ketones is 1. The van der Waals surface area contributed by atoms with Crippen molar-refractivity contribution in [1.29, 1.82) is 0 Å². The summed E-state index contributed by atoms with van der Waals surface area (Å²) in [7, 11) is 0. The third-order valence-corrected chi connectivity index (χ3v) is 4.12. The summed E-state index contributed by atoms with van der Waals surface area (Å²) in [6.07, 6.45) is 2.28. The van der Waals surface area contributed by atoms with Gasteiger partial charge in [-0.15, -0.1) is 0 Å². The normalized spacial score (nSPS) is 22.9. The largest absolute Gasteiger partial charge is 0.299 e. The van der Waals surface area contributed by atoms with Crippen molar-refractivity contribution in [2.75, 3.05) is 0 Å². The van der Waals surface area contributed by atoms with Crippen LogP contribution >= 0.6 is 0 Å². The number of hydrogen-bond acceptors (Lipinski definition) is 1. The van der Waals surface area contributed by atoms with E-state index in [4.69, 9.17) is 0 Å². The molecule has 2 heteroatoms. The van der Waals surface area contributed by atoms with Crippen LogP contribution in [0.4, 0.5) is 4.39 Å². The molecule has 0 amide bonds. The van der Waals surface area contributed by atoms with Crippen molar-refractivity contribution in [3.8, 4) is 0 Å². The molecular weight excluding hydrogens is 203 g/mol. The van der Waals surface area contributed by atoms with E-state index in [9.17, 15) is 9.18 Å². The van der Waals surface area contributed by atoms with Gasteiger partial charge in [0.05, 0.1) is 0 Å². The molecule has 0 bridgehead atoms. The summed E-state index contributed by atoms with van der Waals surface area (Å²) in [5.41, 5.74) is 0.747. The topological polar surface area (TPSA) is 17.1 Å². The zero-order valence-corrected chi connectivity index (χ0v) is 9.79. The van der Waals surface area contributed by atoms with Crippen LogP contribution < -0.4 is 0 Å². The van der Waals surface area contributed by atoms with E-state index >= 15 is 0 Å². The molecule has 0 saturated heterocycles. The Balaban J connectivity index is 2.33. The quantitative estimate of drug-likeness (QED) is 0.759. The van der Waals surface area contributed by atoms with Crippen molar-refractivity contribution in [1.82, 2.24) is 0 Å². The van der Waals surface area contributed by atoms with Crippen LogP contribution in [-0.4, -0.2) is 5.78 Å². The molecule has 0 aromatic heterocycles. The van der Waals surface area contributed by atoms with Crippen LogP contribution in [0.2, 0.25) is 0 Å². The van der Waals surface area contributed by atoms with Gasteiger partial charge in [0, 0.05) is 17.8 Å². The summed E-state index contributed by atoms with van der Waals surface area (Å²) in [6, 6.07) is 6.67. The van der Waals surface area contributed by atoms with Crippen LogP contribution in [0, 0.1) is 11.2 Å². The molecule has 0 aliphatic heterocycles. The Morgan fingerprint density at radius 1 is 1.38 bits per heavy atom. The maximum atomic E-state index is 13.2. The van der Waals surface area contributed by atoms with E-state index in [0.717, 1.165) is 18.4 Å². The third-order valence-electron chi connectivity index (χ3n) is 4.12. The SMILES string of the molecule is CCC1(CC)C(=O)CC1c1cccc(F)c1. The predicted octanol–water partition coefficient (Wildman–Crippen LogP) is 3.69. The first-order valence-electron chi connectivity index (χ1n) is 5.92. The number of benzene rings is 1. The van der Waals surface area contributed by atoms with Crippen LogP contribution in [0.3, 0.4) is 0 Å². The lowest BCUT2D eigenvalue weighted by Crippen LogP contribution is -2.47. The molecule has 1 aliphatic rings. The second-order valence-corrected chi connectivity index (χ2v) is 4.60. The van der Waals surface area contributed by atoms with Gasteiger partial charge in [0.15, 0.2) is 0 Å². The minimum atomic E-state index is -0.228. The fraction of sp³-hybridized carbons (Fsp3) is 0.500. The summed E-state index contributed by atoms with van der Waals surface area (Å²) < 4.78 is 13.2. The van der Waals surface area contributed by atoms with Gasteiger partial charge < -0.3 is 0 Å². The summed E-state index contributed by atoms with van der Waals surface area (Å²) in [4.78, 5) is 11.8. The van der Waals surface area contributed by atoms with E-state index in [0.29, 0.717) is 12.2 Å². The van der Waals surface area contributed by atoms with Crippen LogP contribution in [0.25, 0.3) is 0 Å². The summed E-state index contributed by atoms with van der Waals surface area (Å²) in [5, 5.41) is 0. The zero-order valence-electron chi connectivity index (χ0n) is 9.79. The zero-order chi connectivity index (χ0) is 11.8. The molecule has 0 spiro atoms. The van der Waals surface area contributed by atoms with Crippen molar-refractivity contribution in [3.05, 3.63) is 35.6 Å². The number of carbonyl (C=O) groups excluding carboxylic acids is 1. The molecule has 1 aromatic carbocycles. The fourth-order valence-corrected chi connectivity index (χ4v) is 2.94. The molecule has 86 valence electrons. The Kier molecular flexibility index (Phi) is 2.83. The van der Waals surface area contributed by atoms with Gasteiger partial charge in [-0.3, -0.25) is 4.79 Å². The molecule has 0 N–H and O–H groups in total. The molecule has 1 aliphatic carbocycles. The van der Waals surface area contributed by atoms with Gasteiger partial charge in [-0.05, 0) is 30.5 Å². The van der Waals surface area contributed by atoms with Crippen LogP contribution in [0.5, 0.6) is 0 Å². The molecule has 1 unspecified atom stereocenters. The third kappa shape index (κ3) is 1.48. The lowest BCUT2D eigenvalue weighted by atomic mass is 9.54. The highest BCUT2D eigenvalue weighted by molar-refractivity contribution is 5.93. The molecule has 1 aromatic rings. The minimum Gasteiger partial charge on any atom is -0.299 e.